The normalized spacial score (nSPS) is 19.4. The molecule has 1 aromatic heterocycles. The lowest BCUT2D eigenvalue weighted by Crippen LogP contribution is -2.38. The molecule has 7 nitrogen and oxygen atoms in total. The molecule has 2 fully saturated rings. The summed E-state index contributed by atoms with van der Waals surface area (Å²) in [5.74, 6) is -3.65. The number of carbonyl (C=O) groups is 2. The minimum Gasteiger partial charge on any atom is -0.341 e. The number of hydrogen-bond donors (Lipinski definition) is 2. The van der Waals surface area contributed by atoms with Crippen molar-refractivity contribution >= 4 is 34.9 Å². The quantitative estimate of drug-likeness (QED) is 0.312. The lowest BCUT2D eigenvalue weighted by atomic mass is 9.97. The summed E-state index contributed by atoms with van der Waals surface area (Å²) in [6, 6.07) is 1.68. The van der Waals surface area contributed by atoms with Gasteiger partial charge in [0.2, 0.25) is 5.95 Å². The highest BCUT2D eigenvalue weighted by Crippen LogP contribution is 2.26. The molecule has 0 bridgehead atoms. The maximum Gasteiger partial charge on any atom is 0.290 e. The molecule has 0 unspecified atom stereocenters. The van der Waals surface area contributed by atoms with Gasteiger partial charge in [0, 0.05) is 19.3 Å². The van der Waals surface area contributed by atoms with Gasteiger partial charge in [0.25, 0.3) is 11.1 Å². The van der Waals surface area contributed by atoms with Gasteiger partial charge in [-0.05, 0) is 68.3 Å². The highest BCUT2D eigenvalue weighted by Gasteiger charge is 2.25. The van der Waals surface area contributed by atoms with E-state index in [1.807, 2.05) is 0 Å². The van der Waals surface area contributed by atoms with E-state index in [9.17, 15) is 22.8 Å². The Balaban J connectivity index is 1.41. The second kappa shape index (κ2) is 11.8. The molecule has 176 valence electrons. The minimum absolute atomic E-state index is 0.307. The SMILES string of the molecule is C=C(F)/C(F)=C(F)\C=C/CCNCC1CCN(c2nccc(/C=C3\SC(=O)NC3=O)n2)CC1. The first kappa shape index (κ1) is 24.7. The zero-order valence-electron chi connectivity index (χ0n) is 17.8. The number of nitrogens with one attached hydrogen (secondary N) is 2. The molecule has 3 heterocycles. The average molecular weight is 480 g/mol. The first-order valence-electron chi connectivity index (χ1n) is 10.4. The summed E-state index contributed by atoms with van der Waals surface area (Å²) in [6.45, 7) is 5.66. The van der Waals surface area contributed by atoms with Gasteiger partial charge in [-0.2, -0.15) is 0 Å². The third-order valence-corrected chi connectivity index (χ3v) is 5.93. The molecule has 0 aliphatic carbocycles. The number of allylic oxidation sites excluding steroid dienone is 4. The van der Waals surface area contributed by atoms with Crippen molar-refractivity contribution in [3.8, 4) is 0 Å². The number of halogens is 3. The van der Waals surface area contributed by atoms with Crippen LogP contribution in [0.4, 0.5) is 23.9 Å². The average Bonchev–Trinajstić information content (AvgIpc) is 3.12. The maximum atomic E-state index is 13.2. The molecule has 0 spiro atoms. The highest BCUT2D eigenvalue weighted by molar-refractivity contribution is 8.18. The second-order valence-electron chi connectivity index (χ2n) is 7.53. The highest BCUT2D eigenvalue weighted by atomic mass is 32.2. The smallest absolute Gasteiger partial charge is 0.290 e. The Hall–Kier alpha value is -2.92. The van der Waals surface area contributed by atoms with E-state index in [1.54, 1.807) is 18.3 Å². The Labute approximate surface area is 193 Å². The van der Waals surface area contributed by atoms with Crippen LogP contribution in [0.1, 0.15) is 25.0 Å². The molecule has 11 heteroatoms. The van der Waals surface area contributed by atoms with Crippen LogP contribution in [0.2, 0.25) is 0 Å². The Morgan fingerprint density at radius 1 is 1.30 bits per heavy atom. The number of piperidine rings is 1. The minimum atomic E-state index is -1.57. The number of amides is 2. The summed E-state index contributed by atoms with van der Waals surface area (Å²) in [4.78, 5) is 34.2. The van der Waals surface area contributed by atoms with Gasteiger partial charge in [-0.25, -0.2) is 23.1 Å². The van der Waals surface area contributed by atoms with Crippen LogP contribution in [-0.2, 0) is 4.79 Å². The molecule has 1 aromatic rings. The zero-order chi connectivity index (χ0) is 23.8. The van der Waals surface area contributed by atoms with Crippen LogP contribution in [0, 0.1) is 5.92 Å². The van der Waals surface area contributed by atoms with E-state index in [0.29, 0.717) is 35.4 Å². The van der Waals surface area contributed by atoms with Crippen LogP contribution < -0.4 is 15.5 Å². The molecule has 3 rings (SSSR count). The predicted molar refractivity (Wildman–Crippen MR) is 122 cm³/mol. The maximum absolute atomic E-state index is 13.2. The Kier molecular flexibility index (Phi) is 8.84. The van der Waals surface area contributed by atoms with E-state index < -0.39 is 28.6 Å². The predicted octanol–water partition coefficient (Wildman–Crippen LogP) is 4.19. The lowest BCUT2D eigenvalue weighted by molar-refractivity contribution is -0.115. The van der Waals surface area contributed by atoms with Crippen molar-refractivity contribution in [2.24, 2.45) is 5.92 Å². The van der Waals surface area contributed by atoms with Crippen LogP contribution in [0.25, 0.3) is 6.08 Å². The number of carbonyl (C=O) groups excluding carboxylic acids is 2. The standard InChI is InChI=1S/C22H24F3N5O2S/c1-14(23)19(25)17(24)4-2-3-8-26-13-15-6-10-30(11-7-15)21-27-9-5-16(28-21)12-18-20(31)29-22(32)33-18/h2,4-5,9,12,15,26H,1,3,6-8,10-11,13H2,(H,29,31,32)/b4-2-,18-12-,19-17-. The molecular formula is C22H24F3N5O2S. The molecule has 0 saturated carbocycles. The topological polar surface area (TPSA) is 87.2 Å². The number of nitrogens with zero attached hydrogens (tertiary/aromatic N) is 3. The van der Waals surface area contributed by atoms with E-state index in [-0.39, 0.29) is 0 Å². The third kappa shape index (κ3) is 7.29. The van der Waals surface area contributed by atoms with Crippen LogP contribution in [0.15, 0.2) is 53.4 Å². The summed E-state index contributed by atoms with van der Waals surface area (Å²) in [5, 5.41) is 5.11. The van der Waals surface area contributed by atoms with Crippen molar-refractivity contribution in [1.29, 1.82) is 0 Å². The van der Waals surface area contributed by atoms with E-state index in [4.69, 9.17) is 0 Å². The summed E-state index contributed by atoms with van der Waals surface area (Å²) in [7, 11) is 0. The van der Waals surface area contributed by atoms with E-state index >= 15 is 0 Å². The number of imide groups is 1. The molecule has 33 heavy (non-hydrogen) atoms. The van der Waals surface area contributed by atoms with Gasteiger partial charge in [-0.15, -0.1) is 0 Å². The van der Waals surface area contributed by atoms with Crippen molar-refractivity contribution in [3.63, 3.8) is 0 Å². The Bertz CT molecular complexity index is 1000. The second-order valence-corrected chi connectivity index (χ2v) is 8.54. The molecule has 2 amide bonds. The molecule has 0 aromatic carbocycles. The summed E-state index contributed by atoms with van der Waals surface area (Å²) < 4.78 is 38.7. The lowest BCUT2D eigenvalue weighted by Gasteiger charge is -2.32. The van der Waals surface area contributed by atoms with Crippen LogP contribution in [0.3, 0.4) is 0 Å². The molecule has 0 radical (unpaired) electrons. The van der Waals surface area contributed by atoms with Gasteiger partial charge in [0.05, 0.1) is 10.6 Å². The first-order chi connectivity index (χ1) is 15.8. The zero-order valence-corrected chi connectivity index (χ0v) is 18.6. The summed E-state index contributed by atoms with van der Waals surface area (Å²) >= 11 is 0.847. The number of anilines is 1. The molecule has 2 saturated heterocycles. The van der Waals surface area contributed by atoms with Crippen LogP contribution >= 0.6 is 11.8 Å². The fourth-order valence-electron chi connectivity index (χ4n) is 3.37. The van der Waals surface area contributed by atoms with Crippen molar-refractivity contribution in [2.75, 3.05) is 31.1 Å². The third-order valence-electron chi connectivity index (χ3n) is 5.12. The van der Waals surface area contributed by atoms with Gasteiger partial charge < -0.3 is 10.2 Å². The Morgan fingerprint density at radius 3 is 2.73 bits per heavy atom. The van der Waals surface area contributed by atoms with Gasteiger partial charge in [0.15, 0.2) is 17.5 Å². The van der Waals surface area contributed by atoms with Crippen molar-refractivity contribution < 1.29 is 22.8 Å². The van der Waals surface area contributed by atoms with E-state index in [0.717, 1.165) is 50.3 Å². The molecule has 0 atom stereocenters. The van der Waals surface area contributed by atoms with Gasteiger partial charge >= 0.3 is 0 Å². The van der Waals surface area contributed by atoms with Crippen LogP contribution in [-0.4, -0.2) is 47.3 Å². The fourth-order valence-corrected chi connectivity index (χ4v) is 4.04. The Morgan fingerprint density at radius 2 is 2.06 bits per heavy atom. The molecule has 2 N–H and O–H groups in total. The van der Waals surface area contributed by atoms with Gasteiger partial charge in [-0.1, -0.05) is 12.7 Å². The van der Waals surface area contributed by atoms with Gasteiger partial charge in [0.1, 0.15) is 0 Å². The fraction of sp³-hybridized carbons (Fsp3) is 0.364. The summed E-state index contributed by atoms with van der Waals surface area (Å²) in [5.41, 5.74) is 0.561. The summed E-state index contributed by atoms with van der Waals surface area (Å²) in [6.07, 6.45) is 7.90. The van der Waals surface area contributed by atoms with Crippen molar-refractivity contribution in [1.82, 2.24) is 20.6 Å². The van der Waals surface area contributed by atoms with Crippen molar-refractivity contribution in [2.45, 2.75) is 19.3 Å². The molecular weight excluding hydrogens is 455 g/mol. The van der Waals surface area contributed by atoms with Crippen molar-refractivity contribution in [3.05, 3.63) is 59.1 Å². The van der Waals surface area contributed by atoms with Gasteiger partial charge in [-0.3, -0.25) is 14.9 Å². The number of thioether (sulfide) groups is 1. The molecule has 2 aliphatic heterocycles. The number of rotatable bonds is 9. The largest absolute Gasteiger partial charge is 0.341 e. The first-order valence-corrected chi connectivity index (χ1v) is 11.3. The van der Waals surface area contributed by atoms with E-state index in [1.165, 1.54) is 6.08 Å². The van der Waals surface area contributed by atoms with E-state index in [2.05, 4.69) is 32.1 Å². The van der Waals surface area contributed by atoms with Crippen LogP contribution in [0.5, 0.6) is 0 Å². The molecule has 2 aliphatic rings. The number of hydrogen-bond acceptors (Lipinski definition) is 7. The monoisotopic (exact) mass is 479 g/mol. The number of aromatic nitrogens is 2.